The Morgan fingerprint density at radius 2 is 1.92 bits per heavy atom. The van der Waals surface area contributed by atoms with Gasteiger partial charge < -0.3 is 10.3 Å². The molecule has 0 bridgehead atoms. The molecule has 128 valence electrons. The van der Waals surface area contributed by atoms with Gasteiger partial charge in [-0.15, -0.1) is 0 Å². The van der Waals surface area contributed by atoms with E-state index >= 15 is 0 Å². The summed E-state index contributed by atoms with van der Waals surface area (Å²) in [6.07, 6.45) is 3.44. The molecule has 0 aliphatic rings. The molecule has 3 aromatic rings. The molecule has 0 saturated heterocycles. The van der Waals surface area contributed by atoms with Gasteiger partial charge in [0.15, 0.2) is 0 Å². The van der Waals surface area contributed by atoms with Gasteiger partial charge in [-0.1, -0.05) is 42.1 Å². The molecule has 0 saturated carbocycles. The summed E-state index contributed by atoms with van der Waals surface area (Å²) in [6.45, 7) is 2.57. The van der Waals surface area contributed by atoms with Crippen molar-refractivity contribution in [2.45, 2.75) is 17.7 Å². The molecule has 0 amide bonds. The number of pyridine rings is 1. The van der Waals surface area contributed by atoms with Crippen molar-refractivity contribution in [3.8, 4) is 23.3 Å². The van der Waals surface area contributed by atoms with E-state index in [-0.39, 0.29) is 0 Å². The third-order valence-electron chi connectivity index (χ3n) is 3.69. The van der Waals surface area contributed by atoms with Gasteiger partial charge in [0.25, 0.3) is 0 Å². The van der Waals surface area contributed by atoms with E-state index in [1.54, 1.807) is 12.4 Å². The van der Waals surface area contributed by atoms with Crippen LogP contribution in [0.3, 0.4) is 0 Å². The standard InChI is InChI=1S/C19H16N6S/c1-2-22-18-14(10-20)17(13-6-4-3-5-7-13)15(11-21)19(25-18)26-12-16-23-8-9-24-16/h3-9H,2,12H2,1H3,(H,22,25)(H,23,24). The van der Waals surface area contributed by atoms with E-state index in [9.17, 15) is 10.5 Å². The highest BCUT2D eigenvalue weighted by molar-refractivity contribution is 7.98. The van der Waals surface area contributed by atoms with E-state index in [0.29, 0.717) is 39.8 Å². The predicted molar refractivity (Wildman–Crippen MR) is 101 cm³/mol. The van der Waals surface area contributed by atoms with E-state index in [0.717, 1.165) is 11.4 Å². The zero-order valence-electron chi connectivity index (χ0n) is 14.2. The molecule has 6 nitrogen and oxygen atoms in total. The van der Waals surface area contributed by atoms with Crippen LogP contribution in [0.25, 0.3) is 11.1 Å². The average molecular weight is 360 g/mol. The summed E-state index contributed by atoms with van der Waals surface area (Å²) in [5, 5.41) is 23.2. The number of rotatable bonds is 6. The van der Waals surface area contributed by atoms with Gasteiger partial charge in [0, 0.05) is 24.5 Å². The van der Waals surface area contributed by atoms with Gasteiger partial charge in [-0.3, -0.25) is 0 Å². The van der Waals surface area contributed by atoms with E-state index < -0.39 is 0 Å². The molecule has 2 heterocycles. The average Bonchev–Trinajstić information content (AvgIpc) is 3.20. The number of nitrogens with zero attached hydrogens (tertiary/aromatic N) is 4. The van der Waals surface area contributed by atoms with Crippen LogP contribution in [-0.2, 0) is 5.75 Å². The quantitative estimate of drug-likeness (QED) is 0.646. The summed E-state index contributed by atoms with van der Waals surface area (Å²) in [7, 11) is 0. The van der Waals surface area contributed by atoms with Crippen LogP contribution in [0.2, 0.25) is 0 Å². The number of anilines is 1. The molecule has 0 fully saturated rings. The molecule has 0 radical (unpaired) electrons. The number of imidazole rings is 1. The van der Waals surface area contributed by atoms with E-state index in [1.165, 1.54) is 11.8 Å². The first kappa shape index (κ1) is 17.5. The van der Waals surface area contributed by atoms with E-state index in [2.05, 4.69) is 32.4 Å². The first-order chi connectivity index (χ1) is 12.8. The van der Waals surface area contributed by atoms with E-state index in [1.807, 2.05) is 37.3 Å². The summed E-state index contributed by atoms with van der Waals surface area (Å²) in [5.74, 6) is 1.85. The van der Waals surface area contributed by atoms with Crippen molar-refractivity contribution < 1.29 is 0 Å². The monoisotopic (exact) mass is 360 g/mol. The maximum absolute atomic E-state index is 9.80. The van der Waals surface area contributed by atoms with Gasteiger partial charge in [0.2, 0.25) is 0 Å². The van der Waals surface area contributed by atoms with Crippen LogP contribution in [0.5, 0.6) is 0 Å². The van der Waals surface area contributed by atoms with Crippen molar-refractivity contribution in [3.05, 3.63) is 59.7 Å². The minimum Gasteiger partial charge on any atom is -0.369 e. The second-order valence-electron chi connectivity index (χ2n) is 5.34. The van der Waals surface area contributed by atoms with Crippen LogP contribution >= 0.6 is 11.8 Å². The number of hydrogen-bond acceptors (Lipinski definition) is 6. The lowest BCUT2D eigenvalue weighted by atomic mass is 9.97. The molecule has 26 heavy (non-hydrogen) atoms. The predicted octanol–water partition coefficient (Wildman–Crippen LogP) is 3.94. The molecule has 0 atom stereocenters. The molecule has 2 N–H and O–H groups in total. The Kier molecular flexibility index (Phi) is 5.52. The second kappa shape index (κ2) is 8.19. The molecule has 1 aromatic carbocycles. The van der Waals surface area contributed by atoms with Crippen molar-refractivity contribution in [2.24, 2.45) is 0 Å². The van der Waals surface area contributed by atoms with Crippen molar-refractivity contribution in [1.29, 1.82) is 10.5 Å². The Hall–Kier alpha value is -3.29. The zero-order chi connectivity index (χ0) is 18.4. The number of H-pyrrole nitrogens is 1. The maximum Gasteiger partial charge on any atom is 0.146 e. The minimum atomic E-state index is 0.386. The van der Waals surface area contributed by atoms with Crippen molar-refractivity contribution in [1.82, 2.24) is 15.0 Å². The number of nitrogens with one attached hydrogen (secondary N) is 2. The molecule has 0 aliphatic carbocycles. The first-order valence-electron chi connectivity index (χ1n) is 8.07. The smallest absolute Gasteiger partial charge is 0.146 e. The Balaban J connectivity index is 2.16. The molecule has 2 aromatic heterocycles. The van der Waals surface area contributed by atoms with Crippen molar-refractivity contribution in [2.75, 3.05) is 11.9 Å². The molecular formula is C19H16N6S. The van der Waals surface area contributed by atoms with Crippen LogP contribution in [0, 0.1) is 22.7 Å². The summed E-state index contributed by atoms with van der Waals surface area (Å²) in [4.78, 5) is 11.8. The number of benzene rings is 1. The van der Waals surface area contributed by atoms with Gasteiger partial charge in [-0.25, -0.2) is 9.97 Å². The fourth-order valence-electron chi connectivity index (χ4n) is 2.58. The van der Waals surface area contributed by atoms with Crippen LogP contribution < -0.4 is 5.32 Å². The van der Waals surface area contributed by atoms with Crippen LogP contribution in [0.4, 0.5) is 5.82 Å². The highest BCUT2D eigenvalue weighted by Crippen LogP contribution is 2.37. The van der Waals surface area contributed by atoms with Gasteiger partial charge >= 0.3 is 0 Å². The lowest BCUT2D eigenvalue weighted by Crippen LogP contribution is -2.07. The second-order valence-corrected chi connectivity index (χ2v) is 6.30. The lowest BCUT2D eigenvalue weighted by molar-refractivity contribution is 1.06. The van der Waals surface area contributed by atoms with E-state index in [4.69, 9.17) is 0 Å². The van der Waals surface area contributed by atoms with Crippen molar-refractivity contribution >= 4 is 17.6 Å². The topological polar surface area (TPSA) is 101 Å². The summed E-state index contributed by atoms with van der Waals surface area (Å²) < 4.78 is 0. The molecule has 0 spiro atoms. The fourth-order valence-corrected chi connectivity index (χ4v) is 3.46. The Morgan fingerprint density at radius 1 is 1.15 bits per heavy atom. The first-order valence-corrected chi connectivity index (χ1v) is 9.05. The summed E-state index contributed by atoms with van der Waals surface area (Å²) in [6, 6.07) is 13.9. The molecule has 7 heteroatoms. The third kappa shape index (κ3) is 3.53. The third-order valence-corrected chi connectivity index (χ3v) is 4.68. The van der Waals surface area contributed by atoms with Crippen LogP contribution in [-0.4, -0.2) is 21.5 Å². The maximum atomic E-state index is 9.80. The number of aromatic nitrogens is 3. The normalized spacial score (nSPS) is 10.1. The lowest BCUT2D eigenvalue weighted by Gasteiger charge is -2.15. The van der Waals surface area contributed by atoms with Crippen LogP contribution in [0.1, 0.15) is 23.9 Å². The number of hydrogen-bond donors (Lipinski definition) is 2. The Bertz CT molecular complexity index is 968. The van der Waals surface area contributed by atoms with Gasteiger partial charge in [-0.2, -0.15) is 10.5 Å². The highest BCUT2D eigenvalue weighted by atomic mass is 32.2. The highest BCUT2D eigenvalue weighted by Gasteiger charge is 2.21. The largest absolute Gasteiger partial charge is 0.369 e. The Morgan fingerprint density at radius 3 is 2.54 bits per heavy atom. The molecular weight excluding hydrogens is 344 g/mol. The number of aromatic amines is 1. The molecule has 0 aliphatic heterocycles. The fraction of sp³-hybridized carbons (Fsp3) is 0.158. The molecule has 0 unspecified atom stereocenters. The minimum absolute atomic E-state index is 0.386. The molecule has 3 rings (SSSR count). The Labute approximate surface area is 155 Å². The number of thioether (sulfide) groups is 1. The van der Waals surface area contributed by atoms with Crippen LogP contribution in [0.15, 0.2) is 47.8 Å². The zero-order valence-corrected chi connectivity index (χ0v) is 15.0. The summed E-state index contributed by atoms with van der Waals surface area (Å²) >= 11 is 1.42. The number of nitriles is 2. The van der Waals surface area contributed by atoms with Gasteiger partial charge in [0.1, 0.15) is 34.4 Å². The summed E-state index contributed by atoms with van der Waals surface area (Å²) in [5.41, 5.74) is 2.23. The van der Waals surface area contributed by atoms with Gasteiger partial charge in [0.05, 0.1) is 11.3 Å². The van der Waals surface area contributed by atoms with Gasteiger partial charge in [-0.05, 0) is 12.5 Å². The SMILES string of the molecule is CCNc1nc(SCc2ncc[nH]2)c(C#N)c(-c2ccccc2)c1C#N. The van der Waals surface area contributed by atoms with Crippen molar-refractivity contribution in [3.63, 3.8) is 0 Å².